The van der Waals surface area contributed by atoms with Crippen LogP contribution in [0, 0.1) is 11.3 Å². The number of nitrogens with one attached hydrogen (secondary N) is 1. The molecule has 1 unspecified atom stereocenters. The lowest BCUT2D eigenvalue weighted by molar-refractivity contribution is 0.113. The van der Waals surface area contributed by atoms with Gasteiger partial charge in [0.1, 0.15) is 17.6 Å². The van der Waals surface area contributed by atoms with Gasteiger partial charge in [0, 0.05) is 11.1 Å². The van der Waals surface area contributed by atoms with Crippen LogP contribution < -0.4 is 10.1 Å². The number of amides is 1. The van der Waals surface area contributed by atoms with Gasteiger partial charge in [0.05, 0.1) is 0 Å². The highest BCUT2D eigenvalue weighted by Crippen LogP contribution is 2.26. The Bertz CT molecular complexity index is 751. The molecular formula is C20H22N2O3. The molecule has 5 heteroatoms. The second kappa shape index (κ2) is 8.20. The van der Waals surface area contributed by atoms with Crippen molar-refractivity contribution >= 4 is 6.09 Å². The predicted octanol–water partition coefficient (Wildman–Crippen LogP) is 4.96. The van der Waals surface area contributed by atoms with E-state index in [1.54, 1.807) is 24.3 Å². The van der Waals surface area contributed by atoms with E-state index in [2.05, 4.69) is 5.32 Å². The second-order valence-electron chi connectivity index (χ2n) is 6.26. The molecule has 1 amide bonds. The van der Waals surface area contributed by atoms with Gasteiger partial charge in [-0.25, -0.2) is 4.79 Å². The van der Waals surface area contributed by atoms with Crippen LogP contribution >= 0.6 is 0 Å². The maximum atomic E-state index is 12.0. The summed E-state index contributed by atoms with van der Waals surface area (Å²) in [6.07, 6.45) is -0.875. The summed E-state index contributed by atoms with van der Waals surface area (Å²) in [5.41, 5.74) is 0.162. The maximum Gasteiger partial charge on any atom is 0.409 e. The molecule has 2 rings (SSSR count). The molecule has 2 aromatic carbocycles. The lowest BCUT2D eigenvalue weighted by Gasteiger charge is -2.24. The molecule has 2 aromatic rings. The molecule has 0 aromatic heterocycles. The van der Waals surface area contributed by atoms with Gasteiger partial charge in [-0.2, -0.15) is 5.26 Å². The molecule has 25 heavy (non-hydrogen) atoms. The Kier molecular flexibility index (Phi) is 6.02. The Morgan fingerprint density at radius 1 is 1.16 bits per heavy atom. The third-order valence-corrected chi connectivity index (χ3v) is 3.81. The number of para-hydroxylation sites is 1. The Balaban J connectivity index is 2.09. The molecule has 130 valence electrons. The van der Waals surface area contributed by atoms with Crippen LogP contribution in [0.4, 0.5) is 4.79 Å². The number of nitriles is 1. The molecule has 0 aliphatic carbocycles. The molecule has 5 nitrogen and oxygen atoms in total. The number of nitrogens with zero attached hydrogens (tertiary/aromatic N) is 1. The van der Waals surface area contributed by atoms with Crippen molar-refractivity contribution in [3.05, 3.63) is 60.2 Å². The zero-order valence-electron chi connectivity index (χ0n) is 14.7. The molecular weight excluding hydrogens is 316 g/mol. The van der Waals surface area contributed by atoms with Crippen molar-refractivity contribution in [2.24, 2.45) is 0 Å². The SMILES string of the molecule is CCC(C)(C)NC(=O)OC(C#N)c1cccc(Oc2ccccc2)c1. The van der Waals surface area contributed by atoms with Gasteiger partial charge >= 0.3 is 6.09 Å². The number of carbonyl (C=O) groups excluding carboxylic acids is 1. The zero-order chi connectivity index (χ0) is 18.3. The van der Waals surface area contributed by atoms with Crippen molar-refractivity contribution in [2.45, 2.75) is 38.8 Å². The fraction of sp³-hybridized carbons (Fsp3) is 0.300. The van der Waals surface area contributed by atoms with Crippen LogP contribution in [0.1, 0.15) is 38.9 Å². The lowest BCUT2D eigenvalue weighted by atomic mass is 10.0. The first-order valence-corrected chi connectivity index (χ1v) is 8.15. The van der Waals surface area contributed by atoms with Gasteiger partial charge in [0.15, 0.2) is 0 Å². The number of hydrogen-bond acceptors (Lipinski definition) is 4. The molecule has 1 atom stereocenters. The first kappa shape index (κ1) is 18.3. The highest BCUT2D eigenvalue weighted by molar-refractivity contribution is 5.68. The largest absolute Gasteiger partial charge is 0.457 e. The molecule has 0 spiro atoms. The topological polar surface area (TPSA) is 71.3 Å². The summed E-state index contributed by atoms with van der Waals surface area (Å²) < 4.78 is 11.0. The fourth-order valence-corrected chi connectivity index (χ4v) is 2.04. The summed E-state index contributed by atoms with van der Waals surface area (Å²) in [6.45, 7) is 5.75. The Morgan fingerprint density at radius 3 is 2.48 bits per heavy atom. The van der Waals surface area contributed by atoms with Crippen molar-refractivity contribution in [3.63, 3.8) is 0 Å². The third kappa shape index (κ3) is 5.54. The van der Waals surface area contributed by atoms with Gasteiger partial charge in [-0.15, -0.1) is 0 Å². The second-order valence-corrected chi connectivity index (χ2v) is 6.26. The first-order valence-electron chi connectivity index (χ1n) is 8.15. The summed E-state index contributed by atoms with van der Waals surface area (Å²) in [4.78, 5) is 12.0. The quantitative estimate of drug-likeness (QED) is 0.808. The van der Waals surface area contributed by atoms with Crippen LogP contribution in [0.15, 0.2) is 54.6 Å². The van der Waals surface area contributed by atoms with Crippen molar-refractivity contribution < 1.29 is 14.3 Å². The van der Waals surface area contributed by atoms with E-state index >= 15 is 0 Å². The minimum atomic E-state index is -1.01. The number of hydrogen-bond donors (Lipinski definition) is 1. The smallest absolute Gasteiger partial charge is 0.409 e. The van der Waals surface area contributed by atoms with Crippen LogP contribution in [0.2, 0.25) is 0 Å². The van der Waals surface area contributed by atoms with Crippen LogP contribution in [0.5, 0.6) is 11.5 Å². The predicted molar refractivity (Wildman–Crippen MR) is 95.3 cm³/mol. The van der Waals surface area contributed by atoms with E-state index in [1.807, 2.05) is 57.2 Å². The number of carbonyl (C=O) groups is 1. The van der Waals surface area contributed by atoms with Crippen molar-refractivity contribution in [3.8, 4) is 17.6 Å². The normalized spacial score (nSPS) is 11.9. The average molecular weight is 338 g/mol. The first-order chi connectivity index (χ1) is 11.9. The zero-order valence-corrected chi connectivity index (χ0v) is 14.7. The molecule has 1 N–H and O–H groups in total. The van der Waals surface area contributed by atoms with Gasteiger partial charge < -0.3 is 14.8 Å². The van der Waals surface area contributed by atoms with Gasteiger partial charge in [0.2, 0.25) is 6.10 Å². The van der Waals surface area contributed by atoms with Gasteiger partial charge in [-0.1, -0.05) is 37.3 Å². The molecule has 0 saturated carbocycles. The fourth-order valence-electron chi connectivity index (χ4n) is 2.04. The van der Waals surface area contributed by atoms with Gasteiger partial charge in [-0.3, -0.25) is 0 Å². The third-order valence-electron chi connectivity index (χ3n) is 3.81. The summed E-state index contributed by atoms with van der Waals surface area (Å²) in [7, 11) is 0. The van der Waals surface area contributed by atoms with Crippen LogP contribution in [0.3, 0.4) is 0 Å². The molecule has 0 fully saturated rings. The van der Waals surface area contributed by atoms with Crippen molar-refractivity contribution in [1.29, 1.82) is 5.26 Å². The standard InChI is InChI=1S/C20H22N2O3/c1-4-20(2,3)22-19(23)25-18(14-21)15-9-8-12-17(13-15)24-16-10-6-5-7-11-16/h5-13,18H,4H2,1-3H3,(H,22,23). The summed E-state index contributed by atoms with van der Waals surface area (Å²) in [5, 5.41) is 12.1. The summed E-state index contributed by atoms with van der Waals surface area (Å²) in [5.74, 6) is 1.26. The Labute approximate surface area is 148 Å². The van der Waals surface area contributed by atoms with Crippen LogP contribution in [-0.2, 0) is 4.74 Å². The summed E-state index contributed by atoms with van der Waals surface area (Å²) >= 11 is 0. The number of benzene rings is 2. The molecule has 0 aliphatic heterocycles. The summed E-state index contributed by atoms with van der Waals surface area (Å²) in [6, 6.07) is 18.3. The highest BCUT2D eigenvalue weighted by atomic mass is 16.6. The van der Waals surface area contributed by atoms with E-state index < -0.39 is 17.7 Å². The Hall–Kier alpha value is -3.00. The lowest BCUT2D eigenvalue weighted by Crippen LogP contribution is -2.43. The van der Waals surface area contributed by atoms with E-state index in [0.717, 1.165) is 6.42 Å². The van der Waals surface area contributed by atoms with Crippen molar-refractivity contribution in [1.82, 2.24) is 5.32 Å². The molecule has 0 bridgehead atoms. The van der Waals surface area contributed by atoms with E-state index in [4.69, 9.17) is 9.47 Å². The molecule has 0 saturated heterocycles. The van der Waals surface area contributed by atoms with Crippen LogP contribution in [0.25, 0.3) is 0 Å². The Morgan fingerprint density at radius 2 is 1.84 bits per heavy atom. The number of ether oxygens (including phenoxy) is 2. The monoisotopic (exact) mass is 338 g/mol. The van der Waals surface area contributed by atoms with E-state index in [-0.39, 0.29) is 0 Å². The highest BCUT2D eigenvalue weighted by Gasteiger charge is 2.22. The van der Waals surface area contributed by atoms with Gasteiger partial charge in [-0.05, 0) is 44.5 Å². The number of alkyl carbamates (subject to hydrolysis) is 1. The van der Waals surface area contributed by atoms with Gasteiger partial charge in [0.25, 0.3) is 0 Å². The van der Waals surface area contributed by atoms with Crippen molar-refractivity contribution in [2.75, 3.05) is 0 Å². The molecule has 0 radical (unpaired) electrons. The minimum Gasteiger partial charge on any atom is -0.457 e. The van der Waals surface area contributed by atoms with Crippen LogP contribution in [-0.4, -0.2) is 11.6 Å². The minimum absolute atomic E-state index is 0.393. The van der Waals surface area contributed by atoms with E-state index in [9.17, 15) is 10.1 Å². The van der Waals surface area contributed by atoms with E-state index in [0.29, 0.717) is 17.1 Å². The molecule has 0 heterocycles. The average Bonchev–Trinajstić information content (AvgIpc) is 2.60. The van der Waals surface area contributed by atoms with E-state index in [1.165, 1.54) is 0 Å². The molecule has 0 aliphatic rings. The number of rotatable bonds is 6. The maximum absolute atomic E-state index is 12.0.